The smallest absolute Gasteiger partial charge is 0.128 e. The van der Waals surface area contributed by atoms with E-state index >= 15 is 0 Å². The molecule has 2 nitrogen and oxygen atoms in total. The van der Waals surface area contributed by atoms with Crippen LogP contribution in [0.4, 0.5) is 0 Å². The lowest BCUT2D eigenvalue weighted by Crippen LogP contribution is -2.15. The Balaban J connectivity index is 1.53. The Bertz CT molecular complexity index is 593. The molecule has 23 heavy (non-hydrogen) atoms. The summed E-state index contributed by atoms with van der Waals surface area (Å²) in [7, 11) is 0. The third-order valence-corrected chi connectivity index (χ3v) is 5.41. The zero-order valence-electron chi connectivity index (χ0n) is 14.5. The quantitative estimate of drug-likeness (QED) is 0.718. The number of rotatable bonds is 5. The molecule has 0 spiro atoms. The van der Waals surface area contributed by atoms with Crippen LogP contribution in [0.3, 0.4) is 0 Å². The first-order valence-electron chi connectivity index (χ1n) is 9.12. The van der Waals surface area contributed by atoms with Gasteiger partial charge in [0.2, 0.25) is 0 Å². The summed E-state index contributed by atoms with van der Waals surface area (Å²) >= 11 is 0. The van der Waals surface area contributed by atoms with E-state index in [1.54, 1.807) is 0 Å². The van der Waals surface area contributed by atoms with Crippen molar-refractivity contribution in [2.45, 2.75) is 58.8 Å². The van der Waals surface area contributed by atoms with Crippen LogP contribution in [0, 0.1) is 18.8 Å². The normalized spacial score (nSPS) is 21.3. The molecule has 122 valence electrons. The summed E-state index contributed by atoms with van der Waals surface area (Å²) in [5, 5.41) is 0. The fourth-order valence-electron chi connectivity index (χ4n) is 3.64. The third-order valence-electron chi connectivity index (χ3n) is 5.41. The number of benzene rings is 1. The van der Waals surface area contributed by atoms with Gasteiger partial charge in [-0.3, -0.25) is 0 Å². The van der Waals surface area contributed by atoms with Gasteiger partial charge in [-0.05, 0) is 30.7 Å². The van der Waals surface area contributed by atoms with E-state index in [2.05, 4.69) is 48.1 Å². The minimum Gasteiger partial charge on any atom is -0.241 e. The Kier molecular flexibility index (Phi) is 5.43. The molecule has 0 bridgehead atoms. The van der Waals surface area contributed by atoms with Gasteiger partial charge < -0.3 is 0 Å². The molecule has 1 aliphatic carbocycles. The van der Waals surface area contributed by atoms with Crippen LogP contribution in [0.5, 0.6) is 0 Å². The third kappa shape index (κ3) is 4.40. The van der Waals surface area contributed by atoms with Crippen molar-refractivity contribution >= 4 is 0 Å². The molecule has 1 aromatic heterocycles. The molecule has 0 N–H and O–H groups in total. The van der Waals surface area contributed by atoms with Gasteiger partial charge >= 0.3 is 0 Å². The summed E-state index contributed by atoms with van der Waals surface area (Å²) in [4.78, 5) is 9.16. The summed E-state index contributed by atoms with van der Waals surface area (Å²) in [5.41, 5.74) is 3.58. The summed E-state index contributed by atoms with van der Waals surface area (Å²) in [6.07, 6.45) is 13.2. The van der Waals surface area contributed by atoms with Crippen LogP contribution < -0.4 is 0 Å². The predicted molar refractivity (Wildman–Crippen MR) is 96.3 cm³/mol. The molecule has 3 rings (SSSR count). The number of nitrogens with zero attached hydrogens (tertiary/aromatic N) is 2. The summed E-state index contributed by atoms with van der Waals surface area (Å²) in [6.45, 7) is 4.44. The van der Waals surface area contributed by atoms with Crippen molar-refractivity contribution in [3.63, 3.8) is 0 Å². The van der Waals surface area contributed by atoms with Crippen molar-refractivity contribution < 1.29 is 0 Å². The first-order chi connectivity index (χ1) is 11.2. The van der Waals surface area contributed by atoms with Crippen LogP contribution in [0.25, 0.3) is 11.1 Å². The Morgan fingerprint density at radius 3 is 2.09 bits per heavy atom. The van der Waals surface area contributed by atoms with Crippen molar-refractivity contribution in [3.05, 3.63) is 48.0 Å². The largest absolute Gasteiger partial charge is 0.241 e. The van der Waals surface area contributed by atoms with E-state index in [-0.39, 0.29) is 0 Å². The van der Waals surface area contributed by atoms with E-state index in [4.69, 9.17) is 0 Å². The van der Waals surface area contributed by atoms with Gasteiger partial charge in [0.05, 0.1) is 0 Å². The van der Waals surface area contributed by atoms with Crippen molar-refractivity contribution in [1.29, 1.82) is 0 Å². The summed E-state index contributed by atoms with van der Waals surface area (Å²) in [6, 6.07) is 8.55. The van der Waals surface area contributed by atoms with E-state index in [0.717, 1.165) is 29.6 Å². The van der Waals surface area contributed by atoms with E-state index in [9.17, 15) is 0 Å². The molecule has 0 aliphatic heterocycles. The highest BCUT2D eigenvalue weighted by molar-refractivity contribution is 5.61. The molecule has 1 heterocycles. The first kappa shape index (κ1) is 16.2. The number of hydrogen-bond acceptors (Lipinski definition) is 2. The molecule has 0 amide bonds. The van der Waals surface area contributed by atoms with Gasteiger partial charge in [0.25, 0.3) is 0 Å². The second-order valence-corrected chi connectivity index (χ2v) is 7.09. The number of hydrogen-bond donors (Lipinski definition) is 0. The lowest BCUT2D eigenvalue weighted by molar-refractivity contribution is 0.258. The van der Waals surface area contributed by atoms with Crippen molar-refractivity contribution in [1.82, 2.24) is 9.97 Å². The highest BCUT2D eigenvalue weighted by Crippen LogP contribution is 2.32. The fourth-order valence-corrected chi connectivity index (χ4v) is 3.64. The van der Waals surface area contributed by atoms with Gasteiger partial charge in [-0.1, -0.05) is 68.9 Å². The van der Waals surface area contributed by atoms with E-state index < -0.39 is 0 Å². The van der Waals surface area contributed by atoms with E-state index in [0.29, 0.717) is 0 Å². The van der Waals surface area contributed by atoms with Gasteiger partial charge in [-0.2, -0.15) is 0 Å². The SMILES string of the molecule is CC[C@H]1CC[C@H](CCc2ncc(-c3ccc(C)cc3)cn2)CC1. The molecule has 1 fully saturated rings. The molecule has 1 aliphatic rings. The van der Waals surface area contributed by atoms with Crippen LogP contribution in [0.1, 0.15) is 56.8 Å². The van der Waals surface area contributed by atoms with Gasteiger partial charge in [0.1, 0.15) is 5.82 Å². The fraction of sp³-hybridized carbons (Fsp3) is 0.524. The first-order valence-corrected chi connectivity index (χ1v) is 9.12. The minimum atomic E-state index is 0.887. The molecular formula is C21H28N2. The summed E-state index contributed by atoms with van der Waals surface area (Å²) < 4.78 is 0. The molecule has 0 unspecified atom stereocenters. The van der Waals surface area contributed by atoms with Gasteiger partial charge in [0, 0.05) is 24.4 Å². The van der Waals surface area contributed by atoms with Crippen LogP contribution in [0.2, 0.25) is 0 Å². The molecule has 0 saturated heterocycles. The Morgan fingerprint density at radius 2 is 1.48 bits per heavy atom. The lowest BCUT2D eigenvalue weighted by Gasteiger charge is -2.27. The van der Waals surface area contributed by atoms with Crippen LogP contribution >= 0.6 is 0 Å². The van der Waals surface area contributed by atoms with Crippen molar-refractivity contribution in [2.24, 2.45) is 11.8 Å². The molecule has 2 heteroatoms. The minimum absolute atomic E-state index is 0.887. The van der Waals surface area contributed by atoms with Crippen molar-refractivity contribution in [3.8, 4) is 11.1 Å². The Labute approximate surface area is 140 Å². The topological polar surface area (TPSA) is 25.8 Å². The summed E-state index contributed by atoms with van der Waals surface area (Å²) in [5.74, 6) is 2.87. The lowest BCUT2D eigenvalue weighted by atomic mass is 9.79. The van der Waals surface area contributed by atoms with E-state index in [1.807, 2.05) is 12.4 Å². The molecule has 0 radical (unpaired) electrons. The molecule has 0 atom stereocenters. The van der Waals surface area contributed by atoms with Gasteiger partial charge in [-0.25, -0.2) is 9.97 Å². The van der Waals surface area contributed by atoms with Gasteiger partial charge in [-0.15, -0.1) is 0 Å². The predicted octanol–water partition coefficient (Wildman–Crippen LogP) is 5.60. The Morgan fingerprint density at radius 1 is 0.870 bits per heavy atom. The zero-order valence-corrected chi connectivity index (χ0v) is 14.5. The monoisotopic (exact) mass is 308 g/mol. The highest BCUT2D eigenvalue weighted by atomic mass is 14.9. The number of aryl methyl sites for hydroxylation is 2. The van der Waals surface area contributed by atoms with Crippen LogP contribution in [0.15, 0.2) is 36.7 Å². The average Bonchev–Trinajstić information content (AvgIpc) is 2.61. The van der Waals surface area contributed by atoms with E-state index in [1.165, 1.54) is 49.7 Å². The molecule has 2 aromatic rings. The number of aromatic nitrogens is 2. The average molecular weight is 308 g/mol. The maximum atomic E-state index is 4.58. The van der Waals surface area contributed by atoms with Crippen LogP contribution in [-0.4, -0.2) is 9.97 Å². The second-order valence-electron chi connectivity index (χ2n) is 7.09. The maximum Gasteiger partial charge on any atom is 0.128 e. The van der Waals surface area contributed by atoms with Crippen LogP contribution in [-0.2, 0) is 6.42 Å². The second kappa shape index (κ2) is 7.72. The Hall–Kier alpha value is -1.70. The highest BCUT2D eigenvalue weighted by Gasteiger charge is 2.19. The zero-order chi connectivity index (χ0) is 16.1. The maximum absolute atomic E-state index is 4.58. The molecular weight excluding hydrogens is 280 g/mol. The molecule has 1 saturated carbocycles. The van der Waals surface area contributed by atoms with Gasteiger partial charge in [0.15, 0.2) is 0 Å². The standard InChI is InChI=1S/C21H28N2/c1-3-17-6-8-18(9-7-17)10-13-21-22-14-20(15-23-21)19-11-4-16(2)5-12-19/h4-5,11-12,14-15,17-18H,3,6-10,13H2,1-2H3/t17-,18-. The molecule has 1 aromatic carbocycles. The van der Waals surface area contributed by atoms with Crippen molar-refractivity contribution in [2.75, 3.05) is 0 Å².